The number of nitrogens with zero attached hydrogens (tertiary/aromatic N) is 2. The summed E-state index contributed by atoms with van der Waals surface area (Å²) in [6.07, 6.45) is 2.81. The van der Waals surface area contributed by atoms with Crippen LogP contribution < -0.4 is 10.8 Å². The van der Waals surface area contributed by atoms with E-state index in [-0.39, 0.29) is 30.6 Å². The third kappa shape index (κ3) is 8.04. The number of fused-ring (bicyclic) bond motifs is 1. The average Bonchev–Trinajstić information content (AvgIpc) is 3.30. The maximum atomic E-state index is 13.5. The topological polar surface area (TPSA) is 127 Å². The molecule has 0 spiro atoms. The van der Waals surface area contributed by atoms with E-state index in [1.165, 1.54) is 0 Å². The molecule has 4 N–H and O–H groups in total. The number of carbonyl (C=O) groups excluding carboxylic acids is 3. The van der Waals surface area contributed by atoms with Crippen molar-refractivity contribution in [3.8, 4) is 0 Å². The first kappa shape index (κ1) is 27.6. The SMILES string of the molecule is CC(C)CN(C(=O)CCC(=O)NO)[C@@H](Cc1c[nH]c2ccccc12)C(=O)NCCCN1CCOCC1. The van der Waals surface area contributed by atoms with Gasteiger partial charge in [-0.15, -0.1) is 0 Å². The Morgan fingerprint density at radius 2 is 1.92 bits per heavy atom. The zero-order valence-corrected chi connectivity index (χ0v) is 21.3. The van der Waals surface area contributed by atoms with Gasteiger partial charge in [-0.25, -0.2) is 5.48 Å². The third-order valence-corrected chi connectivity index (χ3v) is 6.39. The van der Waals surface area contributed by atoms with Crippen LogP contribution in [0.15, 0.2) is 30.5 Å². The zero-order chi connectivity index (χ0) is 25.9. The molecule has 1 atom stereocenters. The Labute approximate surface area is 212 Å². The van der Waals surface area contributed by atoms with Crippen molar-refractivity contribution in [2.45, 2.75) is 45.6 Å². The highest BCUT2D eigenvalue weighted by Gasteiger charge is 2.31. The summed E-state index contributed by atoms with van der Waals surface area (Å²) < 4.78 is 5.39. The van der Waals surface area contributed by atoms with E-state index < -0.39 is 11.9 Å². The minimum Gasteiger partial charge on any atom is -0.379 e. The maximum absolute atomic E-state index is 13.5. The fourth-order valence-corrected chi connectivity index (χ4v) is 4.53. The normalized spacial score (nSPS) is 15.1. The number of benzene rings is 1. The van der Waals surface area contributed by atoms with Crippen LogP contribution in [0.2, 0.25) is 0 Å². The smallest absolute Gasteiger partial charge is 0.243 e. The molecule has 1 aromatic heterocycles. The fourth-order valence-electron chi connectivity index (χ4n) is 4.53. The van der Waals surface area contributed by atoms with Crippen LogP contribution in [0.5, 0.6) is 0 Å². The molecule has 1 fully saturated rings. The number of aromatic nitrogens is 1. The molecule has 2 heterocycles. The molecule has 36 heavy (non-hydrogen) atoms. The molecule has 0 aliphatic carbocycles. The highest BCUT2D eigenvalue weighted by molar-refractivity contribution is 5.90. The van der Waals surface area contributed by atoms with Crippen LogP contribution in [0, 0.1) is 5.92 Å². The third-order valence-electron chi connectivity index (χ3n) is 6.39. The number of hydrogen-bond donors (Lipinski definition) is 4. The van der Waals surface area contributed by atoms with Gasteiger partial charge in [-0.2, -0.15) is 0 Å². The molecule has 10 nitrogen and oxygen atoms in total. The van der Waals surface area contributed by atoms with Gasteiger partial charge in [-0.05, 0) is 30.5 Å². The molecule has 198 valence electrons. The van der Waals surface area contributed by atoms with Gasteiger partial charge in [0, 0.05) is 62.5 Å². The number of nitrogens with one attached hydrogen (secondary N) is 3. The first-order valence-electron chi connectivity index (χ1n) is 12.7. The van der Waals surface area contributed by atoms with Gasteiger partial charge in [0.2, 0.25) is 17.7 Å². The number of ether oxygens (including phenoxy) is 1. The van der Waals surface area contributed by atoms with Crippen molar-refractivity contribution in [3.63, 3.8) is 0 Å². The maximum Gasteiger partial charge on any atom is 0.243 e. The summed E-state index contributed by atoms with van der Waals surface area (Å²) in [7, 11) is 0. The van der Waals surface area contributed by atoms with Crippen molar-refractivity contribution in [2.24, 2.45) is 5.92 Å². The number of amides is 3. The molecule has 1 aliphatic heterocycles. The van der Waals surface area contributed by atoms with Crippen molar-refractivity contribution in [2.75, 3.05) is 45.9 Å². The average molecular weight is 502 g/mol. The predicted molar refractivity (Wildman–Crippen MR) is 136 cm³/mol. The molecule has 1 aliphatic rings. The van der Waals surface area contributed by atoms with Crippen LogP contribution in [0.1, 0.15) is 38.7 Å². The monoisotopic (exact) mass is 501 g/mol. The minimum absolute atomic E-state index is 0.0895. The van der Waals surface area contributed by atoms with Crippen LogP contribution in [0.25, 0.3) is 10.9 Å². The summed E-state index contributed by atoms with van der Waals surface area (Å²) in [5.41, 5.74) is 3.49. The van der Waals surface area contributed by atoms with E-state index in [0.717, 1.165) is 55.7 Å². The van der Waals surface area contributed by atoms with E-state index in [9.17, 15) is 14.4 Å². The van der Waals surface area contributed by atoms with Crippen molar-refractivity contribution in [1.82, 2.24) is 25.6 Å². The summed E-state index contributed by atoms with van der Waals surface area (Å²) in [5.74, 6) is -1.00. The van der Waals surface area contributed by atoms with Crippen molar-refractivity contribution >= 4 is 28.6 Å². The van der Waals surface area contributed by atoms with Crippen molar-refractivity contribution in [1.29, 1.82) is 0 Å². The van der Waals surface area contributed by atoms with E-state index >= 15 is 0 Å². The summed E-state index contributed by atoms with van der Waals surface area (Å²) in [4.78, 5) is 45.4. The number of carbonyl (C=O) groups is 3. The summed E-state index contributed by atoms with van der Waals surface area (Å²) in [5, 5.41) is 12.9. The largest absolute Gasteiger partial charge is 0.379 e. The lowest BCUT2D eigenvalue weighted by atomic mass is 10.0. The fraction of sp³-hybridized carbons (Fsp3) is 0.577. The van der Waals surface area contributed by atoms with E-state index in [1.54, 1.807) is 10.4 Å². The number of morpholine rings is 1. The molecule has 10 heteroatoms. The second-order valence-electron chi connectivity index (χ2n) is 9.65. The summed E-state index contributed by atoms with van der Waals surface area (Å²) >= 11 is 0. The Hall–Kier alpha value is -2.95. The number of hydrogen-bond acceptors (Lipinski definition) is 6. The van der Waals surface area contributed by atoms with Gasteiger partial charge in [0.1, 0.15) is 6.04 Å². The number of H-pyrrole nitrogens is 1. The highest BCUT2D eigenvalue weighted by Crippen LogP contribution is 2.22. The van der Waals surface area contributed by atoms with Crippen LogP contribution in [0.4, 0.5) is 0 Å². The van der Waals surface area contributed by atoms with Crippen molar-refractivity contribution in [3.05, 3.63) is 36.0 Å². The summed E-state index contributed by atoms with van der Waals surface area (Å²) in [6.45, 7) is 9.02. The quantitative estimate of drug-likeness (QED) is 0.188. The van der Waals surface area contributed by atoms with Crippen molar-refractivity contribution < 1.29 is 24.3 Å². The lowest BCUT2D eigenvalue weighted by Crippen LogP contribution is -2.52. The molecule has 0 unspecified atom stereocenters. The second-order valence-corrected chi connectivity index (χ2v) is 9.65. The number of rotatable bonds is 13. The Morgan fingerprint density at radius 1 is 1.17 bits per heavy atom. The number of para-hydroxylation sites is 1. The highest BCUT2D eigenvalue weighted by atomic mass is 16.5. The Bertz CT molecular complexity index is 1000. The number of hydroxylamine groups is 1. The number of aromatic amines is 1. The van der Waals surface area contributed by atoms with Gasteiger partial charge in [-0.1, -0.05) is 32.0 Å². The molecule has 3 amide bonds. The van der Waals surface area contributed by atoms with Gasteiger partial charge in [0.15, 0.2) is 0 Å². The molecule has 3 rings (SSSR count). The van der Waals surface area contributed by atoms with Crippen LogP contribution in [-0.4, -0.2) is 89.7 Å². The van der Waals surface area contributed by atoms with E-state index in [1.807, 2.05) is 44.3 Å². The lowest BCUT2D eigenvalue weighted by Gasteiger charge is -2.33. The van der Waals surface area contributed by atoms with E-state index in [2.05, 4.69) is 15.2 Å². The standard InChI is InChI=1S/C26H39N5O5/c1-19(2)18-31(25(33)9-8-24(32)29-35)23(16-20-17-28-22-7-4-3-6-21(20)22)26(34)27-10-5-11-30-12-14-36-15-13-30/h3-4,6-7,17,19,23,28,35H,5,8-16,18H2,1-2H3,(H,27,34)(H,29,32)/t23-/m0/s1. The van der Waals surface area contributed by atoms with Crippen LogP contribution in [-0.2, 0) is 25.5 Å². The molecule has 0 saturated carbocycles. The lowest BCUT2D eigenvalue weighted by molar-refractivity contribution is -0.142. The molecule has 0 bridgehead atoms. The van der Waals surface area contributed by atoms with Gasteiger partial charge in [0.25, 0.3) is 0 Å². The predicted octanol–water partition coefficient (Wildman–Crippen LogP) is 1.69. The van der Waals surface area contributed by atoms with E-state index in [0.29, 0.717) is 19.5 Å². The summed E-state index contributed by atoms with van der Waals surface area (Å²) in [6, 6.07) is 7.15. The molecular formula is C26H39N5O5. The van der Waals surface area contributed by atoms with E-state index in [4.69, 9.17) is 9.94 Å². The minimum atomic E-state index is -0.723. The van der Waals surface area contributed by atoms with Gasteiger partial charge >= 0.3 is 0 Å². The molecule has 0 radical (unpaired) electrons. The Morgan fingerprint density at radius 3 is 2.64 bits per heavy atom. The molecular weight excluding hydrogens is 462 g/mol. The van der Waals surface area contributed by atoms with Crippen LogP contribution in [0.3, 0.4) is 0 Å². The zero-order valence-electron chi connectivity index (χ0n) is 21.3. The second kappa shape index (κ2) is 14.0. The molecule has 2 aromatic rings. The molecule has 1 saturated heterocycles. The first-order valence-corrected chi connectivity index (χ1v) is 12.7. The Kier molecular flexibility index (Phi) is 10.7. The first-order chi connectivity index (χ1) is 17.4. The van der Waals surface area contributed by atoms with Gasteiger partial charge in [0.05, 0.1) is 13.2 Å². The Balaban J connectivity index is 1.75. The van der Waals surface area contributed by atoms with Crippen LogP contribution >= 0.6 is 0 Å². The van der Waals surface area contributed by atoms with Gasteiger partial charge < -0.3 is 19.9 Å². The van der Waals surface area contributed by atoms with Gasteiger partial charge in [-0.3, -0.25) is 24.5 Å². The molecule has 1 aromatic carbocycles.